The summed E-state index contributed by atoms with van der Waals surface area (Å²) in [5, 5.41) is 7.15. The van der Waals surface area contributed by atoms with Crippen LogP contribution in [0.4, 0.5) is 4.79 Å². The molecule has 206 valence electrons. The quantitative estimate of drug-likeness (QED) is 0.325. The van der Waals surface area contributed by atoms with Crippen LogP contribution in [0.2, 0.25) is 18.1 Å². The number of likely N-dealkylation sites (tertiary alicyclic amines) is 1. The molecule has 2 fully saturated rings. The number of urea groups is 1. The highest BCUT2D eigenvalue weighted by atomic mass is 28.4. The van der Waals surface area contributed by atoms with E-state index in [0.29, 0.717) is 24.3 Å². The summed E-state index contributed by atoms with van der Waals surface area (Å²) in [5.41, 5.74) is 2.77. The summed E-state index contributed by atoms with van der Waals surface area (Å²) >= 11 is 0. The Hall–Kier alpha value is -3.35. The average molecular weight is 546 g/mol. The molecule has 3 atom stereocenters. The highest BCUT2D eigenvalue weighted by Gasteiger charge is 2.56. The first-order valence-corrected chi connectivity index (χ1v) is 16.6. The van der Waals surface area contributed by atoms with E-state index >= 15 is 0 Å². The largest absolute Gasteiger partial charge is 0.407 e. The molecule has 1 N–H and O–H groups in total. The van der Waals surface area contributed by atoms with Gasteiger partial charge in [0.2, 0.25) is 0 Å². The predicted octanol–water partition coefficient (Wildman–Crippen LogP) is 5.54. The van der Waals surface area contributed by atoms with Gasteiger partial charge >= 0.3 is 6.03 Å². The van der Waals surface area contributed by atoms with E-state index in [2.05, 4.69) is 72.7 Å². The van der Waals surface area contributed by atoms with Crippen LogP contribution in [0.25, 0.3) is 11.3 Å². The lowest BCUT2D eigenvalue weighted by atomic mass is 10.1. The maximum absolute atomic E-state index is 11.8. The lowest BCUT2D eigenvalue weighted by Crippen LogP contribution is -2.41. The number of rotatable bonds is 6. The molecule has 2 amide bonds. The second-order valence-electron chi connectivity index (χ2n) is 12.3. The fourth-order valence-corrected chi connectivity index (χ4v) is 6.47. The van der Waals surface area contributed by atoms with Gasteiger partial charge in [0, 0.05) is 55.6 Å². The molecule has 0 bridgehead atoms. The van der Waals surface area contributed by atoms with E-state index in [1.807, 2.05) is 47.6 Å². The van der Waals surface area contributed by atoms with Gasteiger partial charge in [0.1, 0.15) is 17.6 Å². The molecule has 2 aliphatic rings. The van der Waals surface area contributed by atoms with Crippen LogP contribution in [0.5, 0.6) is 0 Å². The van der Waals surface area contributed by atoms with Crippen molar-refractivity contribution in [2.75, 3.05) is 20.1 Å². The molecule has 9 heteroatoms. The summed E-state index contributed by atoms with van der Waals surface area (Å²) in [4.78, 5) is 18.2. The van der Waals surface area contributed by atoms with Crippen molar-refractivity contribution >= 4 is 14.3 Å². The number of nitrogens with one attached hydrogen (secondary N) is 1. The Morgan fingerprint density at radius 1 is 1.23 bits per heavy atom. The number of imidazole rings is 1. The Morgan fingerprint density at radius 3 is 2.56 bits per heavy atom. The van der Waals surface area contributed by atoms with E-state index in [9.17, 15) is 4.79 Å². The minimum Gasteiger partial charge on any atom is -0.407 e. The van der Waals surface area contributed by atoms with Crippen molar-refractivity contribution in [3.63, 3.8) is 0 Å². The fourth-order valence-electron chi connectivity index (χ4n) is 5.13. The lowest BCUT2D eigenvalue weighted by Gasteiger charge is -2.38. The van der Waals surface area contributed by atoms with E-state index < -0.39 is 8.32 Å². The highest BCUT2D eigenvalue weighted by Crippen LogP contribution is 2.51. The van der Waals surface area contributed by atoms with Gasteiger partial charge in [-0.2, -0.15) is 0 Å². The third-order valence-corrected chi connectivity index (χ3v) is 13.1. The Labute approximate surface area is 232 Å². The standard InChI is InChI=1S/C30H39N5O3Si/c1-20(38-39(6,7)30(2,3)4)28-32-14-15-34(28)17-23-16-27(37-33-23)22-11-8-21(9-12-22)10-13-24-25-18-35(19-26(24)25)29(36)31-5/h8-9,11-12,14-16,20,24-26H,17-19H2,1-7H3,(H,31,36)/t20-,24?,25?,26?/m0/s1. The molecule has 0 radical (unpaired) electrons. The van der Waals surface area contributed by atoms with Gasteiger partial charge in [-0.05, 0) is 61.2 Å². The van der Waals surface area contributed by atoms with Gasteiger partial charge in [-0.15, -0.1) is 0 Å². The smallest absolute Gasteiger partial charge is 0.317 e. The number of aromatic nitrogens is 3. The third kappa shape index (κ3) is 5.68. The Kier molecular flexibility index (Phi) is 7.20. The van der Waals surface area contributed by atoms with Crippen molar-refractivity contribution in [3.8, 4) is 23.2 Å². The van der Waals surface area contributed by atoms with Gasteiger partial charge in [-0.3, -0.25) is 0 Å². The summed E-state index contributed by atoms with van der Waals surface area (Å²) < 4.78 is 14.3. The minimum absolute atomic E-state index is 0.00996. The summed E-state index contributed by atoms with van der Waals surface area (Å²) in [7, 11) is -0.244. The average Bonchev–Trinajstić information content (AvgIpc) is 3.38. The molecule has 1 saturated heterocycles. The van der Waals surface area contributed by atoms with Gasteiger partial charge in [0.15, 0.2) is 14.1 Å². The molecular weight excluding hydrogens is 506 g/mol. The van der Waals surface area contributed by atoms with E-state index in [1.54, 1.807) is 7.05 Å². The fraction of sp³-hybridized carbons (Fsp3) is 0.500. The molecule has 2 unspecified atom stereocenters. The molecule has 2 aromatic heterocycles. The number of fused-ring (bicyclic) bond motifs is 1. The lowest BCUT2D eigenvalue weighted by molar-refractivity contribution is 0.189. The van der Waals surface area contributed by atoms with Crippen LogP contribution in [0.3, 0.4) is 0 Å². The molecule has 1 aliphatic carbocycles. The maximum Gasteiger partial charge on any atom is 0.317 e. The van der Waals surface area contributed by atoms with Gasteiger partial charge in [-0.1, -0.05) is 37.8 Å². The first-order chi connectivity index (χ1) is 18.5. The van der Waals surface area contributed by atoms with Crippen LogP contribution in [-0.4, -0.2) is 54.1 Å². The highest BCUT2D eigenvalue weighted by molar-refractivity contribution is 6.74. The molecule has 5 rings (SSSR count). The third-order valence-electron chi connectivity index (χ3n) is 8.53. The van der Waals surface area contributed by atoms with Crippen molar-refractivity contribution in [2.24, 2.45) is 17.8 Å². The van der Waals surface area contributed by atoms with Crippen LogP contribution in [0.1, 0.15) is 50.9 Å². The van der Waals surface area contributed by atoms with E-state index in [4.69, 9.17) is 8.95 Å². The summed E-state index contributed by atoms with van der Waals surface area (Å²) in [6.07, 6.45) is 3.67. The van der Waals surface area contributed by atoms with Crippen molar-refractivity contribution < 1.29 is 13.7 Å². The minimum atomic E-state index is -1.92. The van der Waals surface area contributed by atoms with Crippen molar-refractivity contribution in [3.05, 3.63) is 59.8 Å². The summed E-state index contributed by atoms with van der Waals surface area (Å²) in [6, 6.07) is 10.1. The first-order valence-electron chi connectivity index (χ1n) is 13.7. The van der Waals surface area contributed by atoms with Crippen LogP contribution >= 0.6 is 0 Å². The van der Waals surface area contributed by atoms with Crippen LogP contribution in [0.15, 0.2) is 47.2 Å². The maximum atomic E-state index is 11.8. The molecule has 8 nitrogen and oxygen atoms in total. The number of carbonyl (C=O) groups is 1. The molecule has 0 spiro atoms. The summed E-state index contributed by atoms with van der Waals surface area (Å²) in [6.45, 7) is 15.5. The number of amides is 2. The van der Waals surface area contributed by atoms with Crippen LogP contribution in [0, 0.1) is 29.6 Å². The normalized spacial score (nSPS) is 21.2. The zero-order valence-electron chi connectivity index (χ0n) is 24.0. The second kappa shape index (κ2) is 10.3. The number of hydrogen-bond donors (Lipinski definition) is 1. The molecule has 3 aromatic rings. The Morgan fingerprint density at radius 2 is 1.92 bits per heavy atom. The SMILES string of the molecule is CNC(=O)N1CC2C(C#Cc3ccc(-c4cc(Cn5ccnc5[C@H](C)O[Si](C)(C)C(C)(C)C)no4)cc3)C2C1. The van der Waals surface area contributed by atoms with Gasteiger partial charge in [0.25, 0.3) is 0 Å². The topological polar surface area (TPSA) is 85.4 Å². The van der Waals surface area contributed by atoms with Crippen molar-refractivity contribution in [1.29, 1.82) is 0 Å². The zero-order valence-corrected chi connectivity index (χ0v) is 25.0. The van der Waals surface area contributed by atoms with Crippen LogP contribution < -0.4 is 5.32 Å². The molecule has 1 saturated carbocycles. The van der Waals surface area contributed by atoms with Gasteiger partial charge < -0.3 is 23.7 Å². The number of nitrogens with zero attached hydrogens (tertiary/aromatic N) is 4. The van der Waals surface area contributed by atoms with Crippen molar-refractivity contribution in [1.82, 2.24) is 24.9 Å². The monoisotopic (exact) mass is 545 g/mol. The summed E-state index contributed by atoms with van der Waals surface area (Å²) in [5.74, 6) is 9.77. The number of benzene rings is 1. The van der Waals surface area contributed by atoms with Gasteiger partial charge in [-0.25, -0.2) is 9.78 Å². The second-order valence-corrected chi connectivity index (χ2v) is 17.0. The Balaban J connectivity index is 1.19. The molecular formula is C30H39N5O3Si. The zero-order chi connectivity index (χ0) is 27.9. The number of carbonyl (C=O) groups excluding carboxylic acids is 1. The van der Waals surface area contributed by atoms with Crippen molar-refractivity contribution in [2.45, 2.75) is 58.5 Å². The van der Waals surface area contributed by atoms with E-state index in [1.165, 1.54) is 0 Å². The number of hydrogen-bond acceptors (Lipinski definition) is 5. The predicted molar refractivity (Wildman–Crippen MR) is 153 cm³/mol. The molecule has 1 aromatic carbocycles. The molecule has 3 heterocycles. The van der Waals surface area contributed by atoms with Crippen LogP contribution in [-0.2, 0) is 11.0 Å². The molecule has 39 heavy (non-hydrogen) atoms. The van der Waals surface area contributed by atoms with E-state index in [0.717, 1.165) is 41.5 Å². The first kappa shape index (κ1) is 27.2. The van der Waals surface area contributed by atoms with E-state index in [-0.39, 0.29) is 17.2 Å². The molecule has 1 aliphatic heterocycles. The Bertz CT molecular complexity index is 1380. The number of piperidine rings is 1. The van der Waals surface area contributed by atoms with Gasteiger partial charge in [0.05, 0.1) is 6.54 Å².